The maximum Gasteiger partial charge on any atom is 0.262 e. The van der Waals surface area contributed by atoms with Gasteiger partial charge in [0.25, 0.3) is 5.56 Å². The van der Waals surface area contributed by atoms with E-state index >= 15 is 0 Å². The molecule has 2 heterocycles. The molecule has 1 amide bonds. The normalized spacial score (nSPS) is 12.1. The highest BCUT2D eigenvalue weighted by Crippen LogP contribution is 2.25. The Morgan fingerprint density at radius 1 is 1.03 bits per heavy atom. The lowest BCUT2D eigenvalue weighted by Crippen LogP contribution is -2.45. The minimum Gasteiger partial charge on any atom is -0.333 e. The number of carbonyl (C=O) groups is 1. The molecule has 0 aliphatic carbocycles. The van der Waals surface area contributed by atoms with Crippen molar-refractivity contribution in [1.82, 2.24) is 24.1 Å². The number of rotatable bonds is 8. The van der Waals surface area contributed by atoms with Crippen molar-refractivity contribution in [3.05, 3.63) is 70.5 Å². The number of hydrogen-bond acceptors (Lipinski definition) is 5. The van der Waals surface area contributed by atoms with Gasteiger partial charge in [-0.05, 0) is 50.8 Å². The molecule has 0 saturated heterocycles. The Bertz CT molecular complexity index is 1390. The molecule has 0 atom stereocenters. The van der Waals surface area contributed by atoms with Gasteiger partial charge in [0.1, 0.15) is 0 Å². The second kappa shape index (κ2) is 10.2. The maximum atomic E-state index is 13.4. The van der Waals surface area contributed by atoms with E-state index in [-0.39, 0.29) is 22.8 Å². The van der Waals surface area contributed by atoms with Crippen LogP contribution in [0.5, 0.6) is 0 Å². The first-order chi connectivity index (χ1) is 16.7. The molecule has 8 heteroatoms. The first-order valence-corrected chi connectivity index (χ1v) is 13.0. The number of amides is 1. The highest BCUT2D eigenvalue weighted by molar-refractivity contribution is 7.99. The van der Waals surface area contributed by atoms with Crippen molar-refractivity contribution in [1.29, 1.82) is 0 Å². The molecule has 0 aliphatic rings. The van der Waals surface area contributed by atoms with Crippen molar-refractivity contribution in [3.63, 3.8) is 0 Å². The van der Waals surface area contributed by atoms with Crippen LogP contribution in [0, 0.1) is 5.92 Å². The summed E-state index contributed by atoms with van der Waals surface area (Å²) < 4.78 is 3.62. The number of aromatic nitrogens is 4. The molecule has 0 aliphatic heterocycles. The molecule has 2 aromatic heterocycles. The van der Waals surface area contributed by atoms with Gasteiger partial charge in [-0.1, -0.05) is 68.1 Å². The number of hydrogen-bond donors (Lipinski definition) is 0. The minimum atomic E-state index is -0.329. The monoisotopic (exact) mass is 491 g/mol. The van der Waals surface area contributed by atoms with Gasteiger partial charge in [0.15, 0.2) is 5.16 Å². The Morgan fingerprint density at radius 3 is 2.40 bits per heavy atom. The highest BCUT2D eigenvalue weighted by atomic mass is 32.2. The van der Waals surface area contributed by atoms with E-state index in [1.807, 2.05) is 84.7 Å². The third-order valence-corrected chi connectivity index (χ3v) is 6.94. The molecule has 0 bridgehead atoms. The summed E-state index contributed by atoms with van der Waals surface area (Å²) >= 11 is 1.36. The van der Waals surface area contributed by atoms with E-state index < -0.39 is 0 Å². The molecule has 0 N–H and O–H groups in total. The van der Waals surface area contributed by atoms with Crippen LogP contribution in [-0.4, -0.2) is 41.3 Å². The average molecular weight is 492 g/mol. The molecular weight excluding hydrogens is 458 g/mol. The zero-order valence-corrected chi connectivity index (χ0v) is 21.9. The van der Waals surface area contributed by atoms with E-state index in [0.29, 0.717) is 35.3 Å². The Hall–Kier alpha value is -3.13. The topological polar surface area (TPSA) is 72.5 Å². The molecule has 0 fully saturated rings. The molecule has 0 radical (unpaired) electrons. The Morgan fingerprint density at radius 2 is 1.71 bits per heavy atom. The van der Waals surface area contributed by atoms with Crippen LogP contribution in [0.25, 0.3) is 16.7 Å². The largest absolute Gasteiger partial charge is 0.333 e. The summed E-state index contributed by atoms with van der Waals surface area (Å²) in [6.45, 7) is 11.5. The summed E-state index contributed by atoms with van der Waals surface area (Å²) in [5.74, 6) is 1.22. The van der Waals surface area contributed by atoms with Crippen molar-refractivity contribution in [3.8, 4) is 0 Å². The molecule has 0 unspecified atom stereocenters. The Balaban J connectivity index is 1.66. The molecule has 4 rings (SSSR count). The van der Waals surface area contributed by atoms with E-state index in [9.17, 15) is 9.59 Å². The maximum absolute atomic E-state index is 13.4. The predicted octanol–water partition coefficient (Wildman–Crippen LogP) is 5.01. The Kier molecular flexibility index (Phi) is 7.31. The van der Waals surface area contributed by atoms with E-state index in [2.05, 4.69) is 24.0 Å². The lowest BCUT2D eigenvalue weighted by molar-refractivity contribution is -0.133. The summed E-state index contributed by atoms with van der Waals surface area (Å²) in [5.41, 5.74) is 1.46. The van der Waals surface area contributed by atoms with E-state index in [1.165, 1.54) is 11.8 Å². The number of fused-ring (bicyclic) bond motifs is 3. The van der Waals surface area contributed by atoms with Crippen molar-refractivity contribution >= 4 is 34.3 Å². The summed E-state index contributed by atoms with van der Waals surface area (Å²) in [7, 11) is 0. The first-order valence-electron chi connectivity index (χ1n) is 12.0. The second-order valence-corrected chi connectivity index (χ2v) is 11.1. The summed E-state index contributed by atoms with van der Waals surface area (Å²) in [4.78, 5) is 28.5. The number of carbonyl (C=O) groups excluding carboxylic acids is 1. The summed E-state index contributed by atoms with van der Waals surface area (Å²) in [5, 5.41) is 10.0. The van der Waals surface area contributed by atoms with E-state index in [0.717, 1.165) is 17.5 Å². The molecule has 4 aromatic rings. The highest BCUT2D eigenvalue weighted by Gasteiger charge is 2.27. The molecule has 7 nitrogen and oxygen atoms in total. The fraction of sp³-hybridized carbons (Fsp3) is 0.407. The molecule has 35 heavy (non-hydrogen) atoms. The van der Waals surface area contributed by atoms with Crippen LogP contribution in [0.1, 0.15) is 46.6 Å². The predicted molar refractivity (Wildman–Crippen MR) is 142 cm³/mol. The van der Waals surface area contributed by atoms with Gasteiger partial charge < -0.3 is 4.90 Å². The van der Waals surface area contributed by atoms with Crippen LogP contribution in [0.2, 0.25) is 0 Å². The lowest BCUT2D eigenvalue weighted by Gasteiger charge is -2.36. The third kappa shape index (κ3) is 5.42. The van der Waals surface area contributed by atoms with Crippen molar-refractivity contribution in [2.75, 3.05) is 5.75 Å². The van der Waals surface area contributed by atoms with Crippen LogP contribution >= 0.6 is 11.8 Å². The fourth-order valence-corrected chi connectivity index (χ4v) is 4.90. The number of nitrogens with zero attached hydrogens (tertiary/aromatic N) is 5. The second-order valence-electron chi connectivity index (χ2n) is 10.2. The van der Waals surface area contributed by atoms with Crippen LogP contribution in [-0.2, 0) is 17.9 Å². The SMILES string of the molecule is CC(C)CCn1c(=O)c2ccccc2n2c(SCC(=O)N(Cc3ccccc3)C(C)(C)C)nnc12. The molecule has 2 aromatic carbocycles. The molecular formula is C27H33N5O2S. The van der Waals surface area contributed by atoms with Crippen molar-refractivity contribution in [2.24, 2.45) is 5.92 Å². The van der Waals surface area contributed by atoms with Gasteiger partial charge in [0.2, 0.25) is 11.7 Å². The standard InChI is InChI=1S/C27H33N5O2S/c1-19(2)15-16-30-24(34)21-13-9-10-14-22(21)32-25(30)28-29-26(32)35-18-23(33)31(27(3,4)5)17-20-11-7-6-8-12-20/h6-14,19H,15-18H2,1-5H3. The number of para-hydroxylation sites is 1. The number of thioether (sulfide) groups is 1. The van der Waals surface area contributed by atoms with Crippen LogP contribution in [0.3, 0.4) is 0 Å². The van der Waals surface area contributed by atoms with E-state index in [4.69, 9.17) is 0 Å². The van der Waals surface area contributed by atoms with Crippen LogP contribution in [0.15, 0.2) is 64.5 Å². The van der Waals surface area contributed by atoms with Gasteiger partial charge >= 0.3 is 0 Å². The molecule has 184 valence electrons. The average Bonchev–Trinajstić information content (AvgIpc) is 3.24. The molecule has 0 saturated carbocycles. The van der Waals surface area contributed by atoms with Gasteiger partial charge in [-0.2, -0.15) is 0 Å². The van der Waals surface area contributed by atoms with Crippen molar-refractivity contribution < 1.29 is 4.79 Å². The lowest BCUT2D eigenvalue weighted by atomic mass is 10.0. The van der Waals surface area contributed by atoms with Gasteiger partial charge in [0, 0.05) is 18.6 Å². The van der Waals surface area contributed by atoms with Gasteiger partial charge in [-0.25, -0.2) is 0 Å². The van der Waals surface area contributed by atoms with Gasteiger partial charge in [-0.3, -0.25) is 18.6 Å². The zero-order chi connectivity index (χ0) is 25.2. The quantitative estimate of drug-likeness (QED) is 0.324. The van der Waals surface area contributed by atoms with Gasteiger partial charge in [0.05, 0.1) is 16.7 Å². The first kappa shape index (κ1) is 25.0. The zero-order valence-electron chi connectivity index (χ0n) is 21.1. The third-order valence-electron chi connectivity index (χ3n) is 6.03. The van der Waals surface area contributed by atoms with E-state index in [1.54, 1.807) is 4.57 Å². The minimum absolute atomic E-state index is 0.0283. The van der Waals surface area contributed by atoms with Crippen molar-refractivity contribution in [2.45, 2.75) is 64.8 Å². The van der Waals surface area contributed by atoms with Gasteiger partial charge in [-0.15, -0.1) is 10.2 Å². The Labute approximate surface area is 210 Å². The van der Waals surface area contributed by atoms with Crippen LogP contribution in [0.4, 0.5) is 0 Å². The fourth-order valence-electron chi connectivity index (χ4n) is 4.09. The number of aryl methyl sites for hydroxylation is 1. The molecule has 0 spiro atoms. The summed E-state index contributed by atoms with van der Waals surface area (Å²) in [6.07, 6.45) is 0.863. The summed E-state index contributed by atoms with van der Waals surface area (Å²) in [6, 6.07) is 17.5. The number of benzene rings is 2. The smallest absolute Gasteiger partial charge is 0.262 e. The van der Waals surface area contributed by atoms with Crippen LogP contribution < -0.4 is 5.56 Å².